The Morgan fingerprint density at radius 2 is 2.19 bits per heavy atom. The highest BCUT2D eigenvalue weighted by molar-refractivity contribution is 5.39. The topological polar surface area (TPSA) is 46.2 Å². The van der Waals surface area contributed by atoms with Crippen LogP contribution in [-0.4, -0.2) is 17.8 Å². The number of aliphatic hydroxyl groups is 1. The lowest BCUT2D eigenvalue weighted by Gasteiger charge is -2.13. The summed E-state index contributed by atoms with van der Waals surface area (Å²) in [6.07, 6.45) is 2.99. The molecule has 0 heterocycles. The van der Waals surface area contributed by atoms with E-state index in [1.165, 1.54) is 24.0 Å². The molecule has 2 aliphatic rings. The van der Waals surface area contributed by atoms with Crippen LogP contribution >= 0.6 is 0 Å². The van der Waals surface area contributed by atoms with Crippen molar-refractivity contribution >= 4 is 0 Å². The Labute approximate surface area is 96.5 Å². The van der Waals surface area contributed by atoms with E-state index in [2.05, 4.69) is 24.3 Å². The fraction of sp³-hybridized carbons (Fsp3) is 0.571. The lowest BCUT2D eigenvalue weighted by molar-refractivity contribution is 0.136. The number of aryl methyl sites for hydroxylation is 1. The van der Waals surface area contributed by atoms with Gasteiger partial charge in [0.2, 0.25) is 0 Å². The second kappa shape index (κ2) is 3.86. The van der Waals surface area contributed by atoms with Gasteiger partial charge in [-0.25, -0.2) is 0 Å². The predicted molar refractivity (Wildman–Crippen MR) is 64.2 cm³/mol. The SMILES string of the molecule is NCCC(O)C1C2CCc3ccccc3C21. The summed E-state index contributed by atoms with van der Waals surface area (Å²) in [6.45, 7) is 0.596. The first kappa shape index (κ1) is 10.3. The van der Waals surface area contributed by atoms with Crippen molar-refractivity contribution in [2.75, 3.05) is 6.54 Å². The van der Waals surface area contributed by atoms with Crippen LogP contribution in [0.4, 0.5) is 0 Å². The van der Waals surface area contributed by atoms with Crippen LogP contribution in [0.25, 0.3) is 0 Å². The zero-order valence-corrected chi connectivity index (χ0v) is 9.47. The molecule has 4 unspecified atom stereocenters. The number of rotatable bonds is 3. The van der Waals surface area contributed by atoms with Gasteiger partial charge >= 0.3 is 0 Å². The average molecular weight is 217 g/mol. The molecule has 2 aliphatic carbocycles. The number of aliphatic hydroxyl groups excluding tert-OH is 1. The van der Waals surface area contributed by atoms with E-state index in [1.54, 1.807) is 0 Å². The molecule has 0 aliphatic heterocycles. The third-order valence-corrected chi connectivity index (χ3v) is 4.30. The van der Waals surface area contributed by atoms with Crippen LogP contribution in [0, 0.1) is 11.8 Å². The first-order valence-corrected chi connectivity index (χ1v) is 6.29. The van der Waals surface area contributed by atoms with Crippen molar-refractivity contribution < 1.29 is 5.11 Å². The Balaban J connectivity index is 1.82. The zero-order chi connectivity index (χ0) is 11.1. The number of nitrogens with two attached hydrogens (primary N) is 1. The third kappa shape index (κ3) is 1.48. The highest BCUT2D eigenvalue weighted by Crippen LogP contribution is 2.61. The second-order valence-corrected chi connectivity index (χ2v) is 5.15. The van der Waals surface area contributed by atoms with Gasteiger partial charge < -0.3 is 10.8 Å². The maximum Gasteiger partial charge on any atom is 0.0589 e. The summed E-state index contributed by atoms with van der Waals surface area (Å²) in [7, 11) is 0. The number of fused-ring (bicyclic) bond motifs is 3. The molecule has 0 spiro atoms. The maximum atomic E-state index is 10.1. The Bertz CT molecular complexity index is 390. The van der Waals surface area contributed by atoms with Gasteiger partial charge in [0.1, 0.15) is 0 Å². The molecule has 3 rings (SSSR count). The fourth-order valence-corrected chi connectivity index (χ4v) is 3.51. The molecular formula is C14H19NO. The first-order valence-electron chi connectivity index (χ1n) is 6.29. The van der Waals surface area contributed by atoms with Gasteiger partial charge in [-0.1, -0.05) is 24.3 Å². The van der Waals surface area contributed by atoms with Crippen molar-refractivity contribution in [1.29, 1.82) is 0 Å². The minimum atomic E-state index is -0.189. The van der Waals surface area contributed by atoms with Gasteiger partial charge in [0, 0.05) is 0 Å². The van der Waals surface area contributed by atoms with Crippen LogP contribution in [0.5, 0.6) is 0 Å². The lowest BCUT2D eigenvalue weighted by Crippen LogP contribution is -2.16. The van der Waals surface area contributed by atoms with Crippen LogP contribution in [0.2, 0.25) is 0 Å². The largest absolute Gasteiger partial charge is 0.393 e. The molecule has 1 aromatic rings. The minimum Gasteiger partial charge on any atom is -0.393 e. The molecule has 0 saturated heterocycles. The molecule has 16 heavy (non-hydrogen) atoms. The lowest BCUT2D eigenvalue weighted by atomic mass is 9.92. The van der Waals surface area contributed by atoms with Crippen molar-refractivity contribution in [2.24, 2.45) is 17.6 Å². The van der Waals surface area contributed by atoms with Gasteiger partial charge in [-0.2, -0.15) is 0 Å². The molecule has 1 aromatic carbocycles. The van der Waals surface area contributed by atoms with Gasteiger partial charge in [-0.05, 0) is 54.7 Å². The first-order chi connectivity index (χ1) is 7.83. The Hall–Kier alpha value is -0.860. The van der Waals surface area contributed by atoms with Crippen LogP contribution in [0.3, 0.4) is 0 Å². The van der Waals surface area contributed by atoms with Gasteiger partial charge in [-0.15, -0.1) is 0 Å². The van der Waals surface area contributed by atoms with E-state index in [0.29, 0.717) is 18.4 Å². The Morgan fingerprint density at radius 3 is 3.00 bits per heavy atom. The van der Waals surface area contributed by atoms with Crippen LogP contribution in [-0.2, 0) is 6.42 Å². The van der Waals surface area contributed by atoms with E-state index < -0.39 is 0 Å². The van der Waals surface area contributed by atoms with E-state index in [4.69, 9.17) is 5.73 Å². The summed E-state index contributed by atoms with van der Waals surface area (Å²) < 4.78 is 0. The molecule has 0 radical (unpaired) electrons. The smallest absolute Gasteiger partial charge is 0.0589 e. The van der Waals surface area contributed by atoms with Crippen LogP contribution in [0.1, 0.15) is 29.9 Å². The summed E-state index contributed by atoms with van der Waals surface area (Å²) in [5, 5.41) is 10.1. The minimum absolute atomic E-state index is 0.189. The van der Waals surface area contributed by atoms with Crippen molar-refractivity contribution in [3.05, 3.63) is 35.4 Å². The fourth-order valence-electron chi connectivity index (χ4n) is 3.51. The van der Waals surface area contributed by atoms with Gasteiger partial charge in [0.15, 0.2) is 0 Å². The molecule has 1 fully saturated rings. The van der Waals surface area contributed by atoms with E-state index in [1.807, 2.05) is 0 Å². The van der Waals surface area contributed by atoms with Crippen LogP contribution < -0.4 is 5.73 Å². The highest BCUT2D eigenvalue weighted by atomic mass is 16.3. The molecule has 4 atom stereocenters. The van der Waals surface area contributed by atoms with Crippen LogP contribution in [0.15, 0.2) is 24.3 Å². The third-order valence-electron chi connectivity index (χ3n) is 4.30. The summed E-state index contributed by atoms with van der Waals surface area (Å²) in [6, 6.07) is 8.70. The molecule has 2 nitrogen and oxygen atoms in total. The van der Waals surface area contributed by atoms with E-state index >= 15 is 0 Å². The average Bonchev–Trinajstić information content (AvgIpc) is 3.04. The van der Waals surface area contributed by atoms with Gasteiger partial charge in [0.25, 0.3) is 0 Å². The Kier molecular flexibility index (Phi) is 2.49. The zero-order valence-electron chi connectivity index (χ0n) is 9.47. The number of benzene rings is 1. The molecule has 0 aromatic heterocycles. The monoisotopic (exact) mass is 217 g/mol. The molecule has 0 bridgehead atoms. The highest BCUT2D eigenvalue weighted by Gasteiger charge is 2.55. The number of hydrogen-bond donors (Lipinski definition) is 2. The van der Waals surface area contributed by atoms with Crippen molar-refractivity contribution in [3.8, 4) is 0 Å². The van der Waals surface area contributed by atoms with Crippen molar-refractivity contribution in [1.82, 2.24) is 0 Å². The quantitative estimate of drug-likeness (QED) is 0.809. The normalized spacial score (nSPS) is 32.8. The van der Waals surface area contributed by atoms with Crippen molar-refractivity contribution in [2.45, 2.75) is 31.3 Å². The predicted octanol–water partition coefficient (Wildman–Crippen LogP) is 1.67. The van der Waals surface area contributed by atoms with Crippen molar-refractivity contribution in [3.63, 3.8) is 0 Å². The van der Waals surface area contributed by atoms with E-state index in [9.17, 15) is 5.11 Å². The number of hydrogen-bond acceptors (Lipinski definition) is 2. The summed E-state index contributed by atoms with van der Waals surface area (Å²) in [5.74, 6) is 1.81. The van der Waals surface area contributed by atoms with E-state index in [-0.39, 0.29) is 6.10 Å². The van der Waals surface area contributed by atoms with Gasteiger partial charge in [-0.3, -0.25) is 0 Å². The summed E-state index contributed by atoms with van der Waals surface area (Å²) in [5.41, 5.74) is 8.50. The molecule has 2 heteroatoms. The molecule has 86 valence electrons. The van der Waals surface area contributed by atoms with E-state index in [0.717, 1.165) is 12.3 Å². The molecule has 0 amide bonds. The standard InChI is InChI=1S/C14H19NO/c15-8-7-12(16)14-11-6-5-9-3-1-2-4-10(9)13(11)14/h1-4,11-14,16H,5-8,15H2. The summed E-state index contributed by atoms with van der Waals surface area (Å²) in [4.78, 5) is 0. The Morgan fingerprint density at radius 1 is 1.38 bits per heavy atom. The molecular weight excluding hydrogens is 198 g/mol. The molecule has 3 N–H and O–H groups in total. The second-order valence-electron chi connectivity index (χ2n) is 5.15. The summed E-state index contributed by atoms with van der Waals surface area (Å²) >= 11 is 0. The van der Waals surface area contributed by atoms with Gasteiger partial charge in [0.05, 0.1) is 6.10 Å². The maximum absolute atomic E-state index is 10.1. The molecule has 1 saturated carbocycles.